The van der Waals surface area contributed by atoms with Crippen molar-refractivity contribution in [2.75, 3.05) is 6.54 Å². The van der Waals surface area contributed by atoms with Crippen molar-refractivity contribution in [1.29, 1.82) is 0 Å². The van der Waals surface area contributed by atoms with E-state index in [0.717, 1.165) is 6.42 Å². The molecule has 2 amide bonds. The number of carbonyl (C=O) groups is 2. The molecule has 1 fully saturated rings. The van der Waals surface area contributed by atoms with Crippen LogP contribution in [0.5, 0.6) is 0 Å². The molecule has 1 aliphatic rings. The van der Waals surface area contributed by atoms with Crippen LogP contribution in [0.4, 0.5) is 4.39 Å². The van der Waals surface area contributed by atoms with E-state index in [4.69, 9.17) is 0 Å². The lowest BCUT2D eigenvalue weighted by Crippen LogP contribution is -2.44. The number of rotatable bonds is 3. The fourth-order valence-corrected chi connectivity index (χ4v) is 2.05. The molecule has 0 spiro atoms. The highest BCUT2D eigenvalue weighted by Gasteiger charge is 2.30. The summed E-state index contributed by atoms with van der Waals surface area (Å²) in [5.41, 5.74) is 0.0482. The summed E-state index contributed by atoms with van der Waals surface area (Å²) < 4.78 is 13.5. The van der Waals surface area contributed by atoms with Crippen LogP contribution in [-0.2, 0) is 4.79 Å². The number of nitrogens with one attached hydrogen (secondary N) is 1. The standard InChI is InChI=1S/C12H13FN2O2/c13-10-5-2-1-4-9(10)12(17)15-7-3-6-11(15)14-8-16/h1-2,4-5,8,11H,3,6-7H2,(H,14,16). The Balaban J connectivity index is 2.20. The zero-order valence-corrected chi connectivity index (χ0v) is 9.23. The Morgan fingerprint density at radius 2 is 2.24 bits per heavy atom. The highest BCUT2D eigenvalue weighted by Crippen LogP contribution is 2.19. The summed E-state index contributed by atoms with van der Waals surface area (Å²) in [4.78, 5) is 24.0. The van der Waals surface area contributed by atoms with Gasteiger partial charge in [-0.25, -0.2) is 4.39 Å². The van der Waals surface area contributed by atoms with E-state index in [1.165, 1.54) is 23.1 Å². The fraction of sp³-hybridized carbons (Fsp3) is 0.333. The van der Waals surface area contributed by atoms with Crippen LogP contribution >= 0.6 is 0 Å². The maximum atomic E-state index is 13.5. The summed E-state index contributed by atoms with van der Waals surface area (Å²) in [5.74, 6) is -0.908. The van der Waals surface area contributed by atoms with E-state index in [2.05, 4.69) is 5.32 Å². The van der Waals surface area contributed by atoms with E-state index in [0.29, 0.717) is 19.4 Å². The first-order chi connectivity index (χ1) is 8.24. The zero-order valence-electron chi connectivity index (χ0n) is 9.23. The lowest BCUT2D eigenvalue weighted by Gasteiger charge is -2.24. The number of hydrogen-bond acceptors (Lipinski definition) is 2. The number of halogens is 1. The van der Waals surface area contributed by atoms with Crippen LogP contribution in [-0.4, -0.2) is 29.9 Å². The smallest absolute Gasteiger partial charge is 0.258 e. The van der Waals surface area contributed by atoms with Gasteiger partial charge in [0, 0.05) is 6.54 Å². The summed E-state index contributed by atoms with van der Waals surface area (Å²) in [6.07, 6.45) is 1.77. The van der Waals surface area contributed by atoms with Crippen LogP contribution in [0.3, 0.4) is 0 Å². The van der Waals surface area contributed by atoms with Crippen molar-refractivity contribution in [1.82, 2.24) is 10.2 Å². The van der Waals surface area contributed by atoms with Crippen molar-refractivity contribution in [3.8, 4) is 0 Å². The Kier molecular flexibility index (Phi) is 3.37. The SMILES string of the molecule is O=CNC1CCCN1C(=O)c1ccccc1F. The highest BCUT2D eigenvalue weighted by atomic mass is 19.1. The van der Waals surface area contributed by atoms with Crippen molar-refractivity contribution in [2.45, 2.75) is 19.0 Å². The predicted octanol–water partition coefficient (Wildman–Crippen LogP) is 1.13. The van der Waals surface area contributed by atoms with E-state index in [1.54, 1.807) is 6.07 Å². The van der Waals surface area contributed by atoms with E-state index in [9.17, 15) is 14.0 Å². The van der Waals surface area contributed by atoms with Crippen LogP contribution in [0, 0.1) is 5.82 Å². The fourth-order valence-electron chi connectivity index (χ4n) is 2.05. The molecule has 4 nitrogen and oxygen atoms in total. The molecule has 5 heteroatoms. The number of benzene rings is 1. The minimum absolute atomic E-state index is 0.0482. The van der Waals surface area contributed by atoms with Crippen molar-refractivity contribution in [3.05, 3.63) is 35.6 Å². The Bertz CT molecular complexity index is 436. The molecule has 0 aromatic heterocycles. The average Bonchev–Trinajstić information content (AvgIpc) is 2.78. The molecular weight excluding hydrogens is 223 g/mol. The van der Waals surface area contributed by atoms with Crippen molar-refractivity contribution >= 4 is 12.3 Å². The monoisotopic (exact) mass is 236 g/mol. The first kappa shape index (κ1) is 11.6. The number of hydrogen-bond donors (Lipinski definition) is 1. The summed E-state index contributed by atoms with van der Waals surface area (Å²) in [7, 11) is 0. The molecule has 90 valence electrons. The van der Waals surface area contributed by atoms with Gasteiger partial charge in [0.25, 0.3) is 5.91 Å². The Morgan fingerprint density at radius 3 is 2.94 bits per heavy atom. The molecule has 1 unspecified atom stereocenters. The first-order valence-electron chi connectivity index (χ1n) is 5.49. The largest absolute Gasteiger partial charge is 0.338 e. The van der Waals surface area contributed by atoms with Gasteiger partial charge in [0.2, 0.25) is 6.41 Å². The Morgan fingerprint density at radius 1 is 1.47 bits per heavy atom. The van der Waals surface area contributed by atoms with Crippen LogP contribution < -0.4 is 5.32 Å². The minimum Gasteiger partial charge on any atom is -0.338 e. The molecule has 17 heavy (non-hydrogen) atoms. The molecule has 2 rings (SSSR count). The van der Waals surface area contributed by atoms with Crippen LogP contribution in [0.25, 0.3) is 0 Å². The second kappa shape index (κ2) is 4.95. The molecule has 1 aromatic carbocycles. The van der Waals surface area contributed by atoms with E-state index >= 15 is 0 Å². The van der Waals surface area contributed by atoms with Crippen LogP contribution in [0.2, 0.25) is 0 Å². The van der Waals surface area contributed by atoms with Gasteiger partial charge in [0.05, 0.1) is 5.56 Å². The van der Waals surface area contributed by atoms with Gasteiger partial charge in [-0.3, -0.25) is 9.59 Å². The van der Waals surface area contributed by atoms with Crippen molar-refractivity contribution in [3.63, 3.8) is 0 Å². The third kappa shape index (κ3) is 2.27. The molecule has 0 bridgehead atoms. The Hall–Kier alpha value is -1.91. The summed E-state index contributed by atoms with van der Waals surface area (Å²) in [6, 6.07) is 5.87. The van der Waals surface area contributed by atoms with Gasteiger partial charge in [-0.05, 0) is 25.0 Å². The third-order valence-electron chi connectivity index (χ3n) is 2.88. The highest BCUT2D eigenvalue weighted by molar-refractivity contribution is 5.94. The summed E-state index contributed by atoms with van der Waals surface area (Å²) in [5, 5.41) is 2.57. The molecule has 0 aliphatic carbocycles. The third-order valence-corrected chi connectivity index (χ3v) is 2.88. The second-order valence-corrected chi connectivity index (χ2v) is 3.92. The zero-order chi connectivity index (χ0) is 12.3. The normalized spacial score (nSPS) is 19.1. The van der Waals surface area contributed by atoms with Gasteiger partial charge >= 0.3 is 0 Å². The number of carbonyl (C=O) groups excluding carboxylic acids is 2. The van der Waals surface area contributed by atoms with Gasteiger partial charge < -0.3 is 10.2 Å². The molecule has 1 atom stereocenters. The van der Waals surface area contributed by atoms with E-state index in [-0.39, 0.29) is 17.6 Å². The number of amides is 2. The molecular formula is C12H13FN2O2. The second-order valence-electron chi connectivity index (χ2n) is 3.92. The molecule has 0 saturated carbocycles. The van der Waals surface area contributed by atoms with Gasteiger partial charge in [-0.2, -0.15) is 0 Å². The Labute approximate surface area is 98.4 Å². The first-order valence-corrected chi connectivity index (χ1v) is 5.49. The molecule has 1 heterocycles. The predicted molar refractivity (Wildman–Crippen MR) is 59.7 cm³/mol. The summed E-state index contributed by atoms with van der Waals surface area (Å²) >= 11 is 0. The minimum atomic E-state index is -0.533. The lowest BCUT2D eigenvalue weighted by atomic mass is 10.2. The van der Waals surface area contributed by atoms with Gasteiger partial charge in [-0.1, -0.05) is 12.1 Å². The molecule has 1 saturated heterocycles. The van der Waals surface area contributed by atoms with Crippen molar-refractivity contribution < 1.29 is 14.0 Å². The van der Waals surface area contributed by atoms with Gasteiger partial charge in [-0.15, -0.1) is 0 Å². The number of nitrogens with zero attached hydrogens (tertiary/aromatic N) is 1. The maximum Gasteiger partial charge on any atom is 0.258 e. The molecule has 1 aromatic rings. The summed E-state index contributed by atoms with van der Waals surface area (Å²) in [6.45, 7) is 0.540. The van der Waals surface area contributed by atoms with Crippen molar-refractivity contribution in [2.24, 2.45) is 0 Å². The molecule has 0 radical (unpaired) electrons. The van der Waals surface area contributed by atoms with E-state index in [1.807, 2.05) is 0 Å². The van der Waals surface area contributed by atoms with Crippen LogP contribution in [0.1, 0.15) is 23.2 Å². The topological polar surface area (TPSA) is 49.4 Å². The van der Waals surface area contributed by atoms with Gasteiger partial charge in [0.1, 0.15) is 12.0 Å². The maximum absolute atomic E-state index is 13.5. The lowest BCUT2D eigenvalue weighted by molar-refractivity contribution is -0.110. The van der Waals surface area contributed by atoms with Crippen LogP contribution in [0.15, 0.2) is 24.3 Å². The molecule has 1 N–H and O–H groups in total. The molecule has 1 aliphatic heterocycles. The average molecular weight is 236 g/mol. The number of likely N-dealkylation sites (tertiary alicyclic amines) is 1. The quantitative estimate of drug-likeness (QED) is 0.800. The van der Waals surface area contributed by atoms with E-state index < -0.39 is 5.82 Å². The van der Waals surface area contributed by atoms with Gasteiger partial charge in [0.15, 0.2) is 0 Å².